The van der Waals surface area contributed by atoms with E-state index in [-0.39, 0.29) is 0 Å². The van der Waals surface area contributed by atoms with Gasteiger partial charge in [-0.25, -0.2) is 10.4 Å². The second-order valence-electron chi connectivity index (χ2n) is 1.70. The maximum Gasteiger partial charge on any atom is 0.0157 e. The van der Waals surface area contributed by atoms with Crippen LogP contribution in [0.1, 0.15) is 6.42 Å². The van der Waals surface area contributed by atoms with Crippen LogP contribution in [-0.4, -0.2) is 25.1 Å². The molecule has 0 aromatic rings. The monoisotopic (exact) mass is 101 g/mol. The summed E-state index contributed by atoms with van der Waals surface area (Å²) in [5.74, 6) is 0. The average molecular weight is 101 g/mol. The van der Waals surface area contributed by atoms with Gasteiger partial charge >= 0.3 is 0 Å². The molecule has 42 valence electrons. The molecule has 3 heteroatoms. The van der Waals surface area contributed by atoms with Crippen LogP contribution in [0.2, 0.25) is 0 Å². The van der Waals surface area contributed by atoms with Crippen LogP contribution in [0, 0.1) is 0 Å². The quantitative estimate of drug-likeness (QED) is 0.452. The second-order valence-corrected chi connectivity index (χ2v) is 1.70. The van der Waals surface area contributed by atoms with Gasteiger partial charge in [0, 0.05) is 13.1 Å². The maximum absolute atomic E-state index is 2.97. The minimum atomic E-state index is 1.18. The van der Waals surface area contributed by atoms with Crippen LogP contribution in [0.4, 0.5) is 0 Å². The van der Waals surface area contributed by atoms with E-state index in [9.17, 15) is 0 Å². The summed E-state index contributed by atoms with van der Waals surface area (Å²) in [5.41, 5.74) is 5.81. The number of rotatable bonds is 2. The van der Waals surface area contributed by atoms with Gasteiger partial charge in [0.05, 0.1) is 0 Å². The van der Waals surface area contributed by atoms with Crippen LogP contribution in [0.5, 0.6) is 0 Å². The molecule has 1 rings (SSSR count). The van der Waals surface area contributed by atoms with Gasteiger partial charge in [-0.3, -0.25) is 0 Å². The first-order valence-electron chi connectivity index (χ1n) is 2.61. The molecule has 3 nitrogen and oxygen atoms in total. The number of nitrogens with zero attached hydrogens (tertiary/aromatic N) is 1. The normalized spacial score (nSPS) is 21.9. The van der Waals surface area contributed by atoms with Gasteiger partial charge < -0.3 is 0 Å². The number of hydrogen-bond donors (Lipinski definition) is 2. The number of hydrogen-bond acceptors (Lipinski definition) is 3. The van der Waals surface area contributed by atoms with E-state index in [1.807, 2.05) is 7.05 Å². The molecule has 0 spiro atoms. The Morgan fingerprint density at radius 3 is 2.29 bits per heavy atom. The van der Waals surface area contributed by atoms with Crippen molar-refractivity contribution in [2.24, 2.45) is 0 Å². The second kappa shape index (κ2) is 2.26. The lowest BCUT2D eigenvalue weighted by molar-refractivity contribution is 0.0873. The molecule has 2 N–H and O–H groups in total. The zero-order valence-corrected chi connectivity index (χ0v) is 4.57. The zero-order valence-electron chi connectivity index (χ0n) is 4.57. The summed E-state index contributed by atoms with van der Waals surface area (Å²) >= 11 is 0. The van der Waals surface area contributed by atoms with E-state index in [1.165, 1.54) is 19.5 Å². The highest BCUT2D eigenvalue weighted by atomic mass is 15.7. The van der Waals surface area contributed by atoms with Crippen LogP contribution in [0.25, 0.3) is 0 Å². The van der Waals surface area contributed by atoms with Gasteiger partial charge in [-0.2, -0.15) is 5.53 Å². The van der Waals surface area contributed by atoms with Crippen LogP contribution in [0.3, 0.4) is 0 Å². The minimum Gasteiger partial charge on any atom is -0.247 e. The molecule has 1 saturated heterocycles. The van der Waals surface area contributed by atoms with Crippen LogP contribution >= 0.6 is 0 Å². The molecule has 0 amide bonds. The summed E-state index contributed by atoms with van der Waals surface area (Å²) in [4.78, 5) is 0. The fraction of sp³-hybridized carbons (Fsp3) is 1.00. The summed E-state index contributed by atoms with van der Waals surface area (Å²) in [6, 6.07) is 0. The molecule has 0 radical (unpaired) electrons. The summed E-state index contributed by atoms with van der Waals surface area (Å²) < 4.78 is 0. The molecule has 0 saturated carbocycles. The molecule has 1 heterocycles. The first kappa shape index (κ1) is 5.03. The van der Waals surface area contributed by atoms with Crippen molar-refractivity contribution in [3.8, 4) is 0 Å². The Balaban J connectivity index is 1.93. The molecule has 0 atom stereocenters. The maximum atomic E-state index is 2.97. The molecule has 0 bridgehead atoms. The van der Waals surface area contributed by atoms with Crippen molar-refractivity contribution >= 4 is 0 Å². The van der Waals surface area contributed by atoms with Gasteiger partial charge in [-0.15, -0.1) is 0 Å². The molecule has 0 aliphatic carbocycles. The third-order valence-corrected chi connectivity index (χ3v) is 1.13. The van der Waals surface area contributed by atoms with Crippen molar-refractivity contribution in [2.45, 2.75) is 6.42 Å². The van der Waals surface area contributed by atoms with Crippen LogP contribution in [-0.2, 0) is 0 Å². The summed E-state index contributed by atoms with van der Waals surface area (Å²) in [5, 5.41) is 2.12. The van der Waals surface area contributed by atoms with Crippen LogP contribution < -0.4 is 11.0 Å². The minimum absolute atomic E-state index is 1.18. The van der Waals surface area contributed by atoms with Crippen molar-refractivity contribution in [3.05, 3.63) is 0 Å². The van der Waals surface area contributed by atoms with E-state index in [1.54, 1.807) is 0 Å². The Labute approximate surface area is 43.6 Å². The van der Waals surface area contributed by atoms with Crippen molar-refractivity contribution in [2.75, 3.05) is 20.1 Å². The summed E-state index contributed by atoms with van der Waals surface area (Å²) in [7, 11) is 1.87. The Morgan fingerprint density at radius 2 is 2.14 bits per heavy atom. The third-order valence-electron chi connectivity index (χ3n) is 1.13. The lowest BCUT2D eigenvalue weighted by Crippen LogP contribution is -2.52. The molecule has 1 fully saturated rings. The first-order chi connectivity index (χ1) is 3.43. The van der Waals surface area contributed by atoms with Gasteiger partial charge in [0.25, 0.3) is 0 Å². The van der Waals surface area contributed by atoms with Gasteiger partial charge in [-0.1, -0.05) is 0 Å². The Bertz CT molecular complexity index is 50.9. The van der Waals surface area contributed by atoms with Gasteiger partial charge in [0.2, 0.25) is 0 Å². The van der Waals surface area contributed by atoms with Crippen molar-refractivity contribution in [3.63, 3.8) is 0 Å². The predicted molar refractivity (Wildman–Crippen MR) is 28.4 cm³/mol. The number of nitrogens with one attached hydrogen (secondary N) is 2. The van der Waals surface area contributed by atoms with Crippen molar-refractivity contribution in [1.82, 2.24) is 16.0 Å². The molecule has 1 aliphatic rings. The van der Waals surface area contributed by atoms with Crippen molar-refractivity contribution in [1.29, 1.82) is 0 Å². The smallest absolute Gasteiger partial charge is 0.0157 e. The first-order valence-corrected chi connectivity index (χ1v) is 2.61. The highest BCUT2D eigenvalue weighted by Gasteiger charge is 2.10. The van der Waals surface area contributed by atoms with Gasteiger partial charge in [-0.05, 0) is 13.5 Å². The highest BCUT2D eigenvalue weighted by molar-refractivity contribution is 4.60. The van der Waals surface area contributed by atoms with E-state index in [0.717, 1.165) is 0 Å². The SMILES string of the molecule is CNNN1CCC1. The van der Waals surface area contributed by atoms with E-state index >= 15 is 0 Å². The summed E-state index contributed by atoms with van der Waals surface area (Å²) in [6.45, 7) is 2.36. The zero-order chi connectivity index (χ0) is 5.11. The van der Waals surface area contributed by atoms with E-state index in [2.05, 4.69) is 16.0 Å². The van der Waals surface area contributed by atoms with Crippen molar-refractivity contribution < 1.29 is 0 Å². The molecule has 7 heavy (non-hydrogen) atoms. The Kier molecular flexibility index (Phi) is 1.62. The Morgan fingerprint density at radius 1 is 1.43 bits per heavy atom. The predicted octanol–water partition coefficient (Wildman–Crippen LogP) is -0.669. The lowest BCUT2D eigenvalue weighted by atomic mass is 10.3. The Hall–Kier alpha value is -0.120. The third kappa shape index (κ3) is 1.12. The highest BCUT2D eigenvalue weighted by Crippen LogP contribution is 1.98. The topological polar surface area (TPSA) is 27.3 Å². The van der Waals surface area contributed by atoms with E-state index in [0.29, 0.717) is 0 Å². The van der Waals surface area contributed by atoms with E-state index < -0.39 is 0 Å². The lowest BCUT2D eigenvalue weighted by Gasteiger charge is -2.30. The van der Waals surface area contributed by atoms with E-state index in [4.69, 9.17) is 0 Å². The van der Waals surface area contributed by atoms with Gasteiger partial charge in [0.1, 0.15) is 0 Å². The largest absolute Gasteiger partial charge is 0.247 e. The molecular weight excluding hydrogens is 90.1 g/mol. The average Bonchev–Trinajstić information content (AvgIpc) is 1.55. The van der Waals surface area contributed by atoms with Crippen LogP contribution in [0.15, 0.2) is 0 Å². The summed E-state index contributed by atoms with van der Waals surface area (Å²) in [6.07, 6.45) is 1.33. The standard InChI is InChI=1S/C4H11N3/c1-5-6-7-3-2-4-7/h5-6H,2-4H2,1H3. The molecular formula is C4H11N3. The molecule has 0 unspecified atom stereocenters. The molecule has 1 aliphatic heterocycles. The molecule has 0 aromatic heterocycles. The fourth-order valence-corrected chi connectivity index (χ4v) is 0.586. The molecule has 0 aromatic carbocycles. The fourth-order valence-electron chi connectivity index (χ4n) is 0.586. The van der Waals surface area contributed by atoms with Gasteiger partial charge in [0.15, 0.2) is 0 Å². The number of hydrazine groups is 2.